The van der Waals surface area contributed by atoms with Crippen LogP contribution in [0.5, 0.6) is 5.75 Å². The van der Waals surface area contributed by atoms with E-state index in [-0.39, 0.29) is 18.6 Å². The van der Waals surface area contributed by atoms with Crippen molar-refractivity contribution in [3.8, 4) is 5.75 Å². The third kappa shape index (κ3) is 4.10. The highest BCUT2D eigenvalue weighted by Crippen LogP contribution is 2.35. The molecule has 0 spiro atoms. The number of fused-ring (bicyclic) bond motifs is 1. The number of nitrogens with one attached hydrogen (secondary N) is 1. The summed E-state index contributed by atoms with van der Waals surface area (Å²) < 4.78 is 10.9. The maximum absolute atomic E-state index is 11.8. The van der Waals surface area contributed by atoms with Gasteiger partial charge in [0.05, 0.1) is 0 Å². The maximum atomic E-state index is 11.8. The summed E-state index contributed by atoms with van der Waals surface area (Å²) >= 11 is 0. The molecule has 0 unspecified atom stereocenters. The molecule has 0 saturated carbocycles. The molecule has 1 aromatic carbocycles. The minimum atomic E-state index is -0.520. The molecule has 0 bridgehead atoms. The third-order valence-corrected chi connectivity index (χ3v) is 3.44. The first kappa shape index (κ1) is 16.1. The van der Waals surface area contributed by atoms with Crippen molar-refractivity contribution in [3.63, 3.8) is 0 Å². The summed E-state index contributed by atoms with van der Waals surface area (Å²) in [6.45, 7) is 5.36. The van der Waals surface area contributed by atoms with Crippen LogP contribution in [0.15, 0.2) is 18.2 Å². The Morgan fingerprint density at radius 1 is 1.45 bits per heavy atom. The van der Waals surface area contributed by atoms with Gasteiger partial charge in [-0.05, 0) is 62.7 Å². The van der Waals surface area contributed by atoms with Gasteiger partial charge in [0, 0.05) is 0 Å². The molecular weight excluding hydrogens is 282 g/mol. The fourth-order valence-corrected chi connectivity index (χ4v) is 2.66. The van der Waals surface area contributed by atoms with Gasteiger partial charge >= 0.3 is 11.1 Å². The van der Waals surface area contributed by atoms with E-state index in [9.17, 15) is 4.79 Å². The smallest absolute Gasteiger partial charge is 0.344 e. The molecule has 1 aromatic rings. The van der Waals surface area contributed by atoms with Gasteiger partial charge in [0.25, 0.3) is 5.39 Å². The van der Waals surface area contributed by atoms with Crippen molar-refractivity contribution in [1.82, 2.24) is 5.43 Å². The Hall–Kier alpha value is -2.29. The van der Waals surface area contributed by atoms with Crippen molar-refractivity contribution >= 4 is 5.97 Å². The third-order valence-electron chi connectivity index (χ3n) is 3.44. The highest BCUT2D eigenvalue weighted by molar-refractivity contribution is 5.71. The summed E-state index contributed by atoms with van der Waals surface area (Å²) in [6.07, 6.45) is 2.74. The van der Waals surface area contributed by atoms with E-state index >= 15 is 0 Å². The van der Waals surface area contributed by atoms with Crippen LogP contribution >= 0.6 is 0 Å². The lowest BCUT2D eigenvalue weighted by molar-refractivity contribution is -0.157. The number of rotatable bonds is 4. The normalized spacial score (nSPS) is 17.1. The summed E-state index contributed by atoms with van der Waals surface area (Å²) in [4.78, 5) is 11.8. The van der Waals surface area contributed by atoms with Crippen LogP contribution in [0.3, 0.4) is 0 Å². The molecule has 0 amide bonds. The predicted molar refractivity (Wildman–Crippen MR) is 81.7 cm³/mol. The maximum Gasteiger partial charge on any atom is 0.344 e. The molecule has 1 aliphatic rings. The number of nitrogens with zero attached hydrogens (tertiary/aromatic N) is 2. The van der Waals surface area contributed by atoms with E-state index < -0.39 is 5.60 Å². The van der Waals surface area contributed by atoms with Gasteiger partial charge in [0.1, 0.15) is 17.4 Å². The van der Waals surface area contributed by atoms with Crippen LogP contribution in [0.2, 0.25) is 0 Å². The topological polar surface area (TPSA) is 75.7 Å². The van der Waals surface area contributed by atoms with E-state index in [4.69, 9.17) is 14.9 Å². The summed E-state index contributed by atoms with van der Waals surface area (Å²) in [5.41, 5.74) is 4.28. The first-order valence-corrected chi connectivity index (χ1v) is 7.47. The molecule has 1 aliphatic carbocycles. The number of ether oxygens (including phenoxy) is 2. The molecule has 22 heavy (non-hydrogen) atoms. The first-order chi connectivity index (χ1) is 10.4. The predicted octanol–water partition coefficient (Wildman–Crippen LogP) is 3.14. The number of diazo groups is 1. The second kappa shape index (κ2) is 6.65. The molecule has 2 rings (SSSR count). The molecule has 0 saturated heterocycles. The largest absolute Gasteiger partial charge is 0.482 e. The number of esters is 1. The number of carbonyl (C=O) groups is 1. The number of benzene rings is 1. The Bertz CT molecular complexity index is 587. The SMILES string of the molecule is CC(C)(C)OC(=O)COc1cccc2c1CCC[C@H]2N[N+]#N. The minimum Gasteiger partial charge on any atom is -0.482 e. The average Bonchev–Trinajstić information content (AvgIpc) is 2.44. The second-order valence-corrected chi connectivity index (χ2v) is 6.37. The second-order valence-electron chi connectivity index (χ2n) is 6.37. The lowest BCUT2D eigenvalue weighted by Gasteiger charge is -2.23. The average molecular weight is 304 g/mol. The zero-order chi connectivity index (χ0) is 16.2. The highest BCUT2D eigenvalue weighted by Gasteiger charge is 2.26. The van der Waals surface area contributed by atoms with E-state index in [2.05, 4.69) is 10.5 Å². The van der Waals surface area contributed by atoms with Gasteiger partial charge in [0.15, 0.2) is 6.61 Å². The molecule has 118 valence electrons. The number of hydrogen-bond acceptors (Lipinski definition) is 5. The van der Waals surface area contributed by atoms with E-state index in [1.54, 1.807) is 0 Å². The van der Waals surface area contributed by atoms with Crippen LogP contribution in [0.1, 0.15) is 50.8 Å². The Labute approximate surface area is 130 Å². The van der Waals surface area contributed by atoms with Gasteiger partial charge in [-0.15, -0.1) is 0 Å². The van der Waals surface area contributed by atoms with Crippen molar-refractivity contribution in [3.05, 3.63) is 34.4 Å². The van der Waals surface area contributed by atoms with Gasteiger partial charge < -0.3 is 9.47 Å². The quantitative estimate of drug-likeness (QED) is 0.525. The van der Waals surface area contributed by atoms with Gasteiger partial charge in [0.2, 0.25) is 0 Å². The van der Waals surface area contributed by atoms with Gasteiger partial charge in [-0.25, -0.2) is 4.79 Å². The zero-order valence-corrected chi connectivity index (χ0v) is 13.3. The summed E-state index contributed by atoms with van der Waals surface area (Å²) in [7, 11) is 0. The van der Waals surface area contributed by atoms with E-state index in [0.29, 0.717) is 5.75 Å². The summed E-state index contributed by atoms with van der Waals surface area (Å²) in [6, 6.07) is 5.68. The number of carbonyl (C=O) groups excluding carboxylic acids is 1. The summed E-state index contributed by atoms with van der Waals surface area (Å²) in [5, 5.41) is 11.8. The molecule has 0 fully saturated rings. The summed E-state index contributed by atoms with van der Waals surface area (Å²) in [5.74, 6) is 0.300. The van der Waals surface area contributed by atoms with Crippen LogP contribution in [-0.4, -0.2) is 18.2 Å². The van der Waals surface area contributed by atoms with Crippen LogP contribution in [-0.2, 0) is 16.0 Å². The van der Waals surface area contributed by atoms with Crippen LogP contribution in [0.4, 0.5) is 0 Å². The molecule has 1 N–H and O–H groups in total. The zero-order valence-electron chi connectivity index (χ0n) is 13.3. The Kier molecular flexibility index (Phi) is 4.86. The van der Waals surface area contributed by atoms with Crippen molar-refractivity contribution in [1.29, 1.82) is 5.39 Å². The van der Waals surface area contributed by atoms with E-state index in [1.807, 2.05) is 39.0 Å². The van der Waals surface area contributed by atoms with Crippen molar-refractivity contribution in [2.24, 2.45) is 0 Å². The van der Waals surface area contributed by atoms with E-state index in [0.717, 1.165) is 30.4 Å². The van der Waals surface area contributed by atoms with Crippen LogP contribution in [0, 0.1) is 5.39 Å². The van der Waals surface area contributed by atoms with E-state index in [1.165, 1.54) is 0 Å². The standard InChI is InChI=1S/C16H22N3O3/c1-16(2,3)22-15(20)10-21-14-9-5-6-11-12(14)7-4-8-13(11)18-19-17/h5-6,9,13,18H,4,7-8,10H2,1-3H3/q+1/t13-/m1/s1. The van der Waals surface area contributed by atoms with Gasteiger partial charge in [-0.2, -0.15) is 0 Å². The molecule has 0 radical (unpaired) electrons. The lowest BCUT2D eigenvalue weighted by atomic mass is 9.87. The Morgan fingerprint density at radius 2 is 2.23 bits per heavy atom. The fourth-order valence-electron chi connectivity index (χ4n) is 2.66. The number of hydrogen-bond donors (Lipinski definition) is 1. The molecule has 6 nitrogen and oxygen atoms in total. The highest BCUT2D eigenvalue weighted by atomic mass is 16.6. The molecule has 1 atom stereocenters. The Balaban J connectivity index is 2.08. The molecular formula is C16H22N3O3+. The van der Waals surface area contributed by atoms with Gasteiger partial charge in [-0.1, -0.05) is 12.1 Å². The lowest BCUT2D eigenvalue weighted by Crippen LogP contribution is -2.27. The Morgan fingerprint density at radius 3 is 2.91 bits per heavy atom. The monoisotopic (exact) mass is 304 g/mol. The molecule has 0 aliphatic heterocycles. The molecule has 0 aromatic heterocycles. The minimum absolute atomic E-state index is 0.0289. The van der Waals surface area contributed by atoms with Crippen molar-refractivity contribution in [2.75, 3.05) is 6.61 Å². The molecule has 0 heterocycles. The van der Waals surface area contributed by atoms with Gasteiger partial charge in [-0.3, -0.25) is 0 Å². The van der Waals surface area contributed by atoms with Crippen LogP contribution < -0.4 is 10.2 Å². The molecule has 6 heteroatoms. The first-order valence-electron chi connectivity index (χ1n) is 7.47. The fraction of sp³-hybridized carbons (Fsp3) is 0.562. The van der Waals surface area contributed by atoms with Crippen molar-refractivity contribution in [2.45, 2.75) is 51.7 Å². The van der Waals surface area contributed by atoms with Crippen molar-refractivity contribution < 1.29 is 14.3 Å². The van der Waals surface area contributed by atoms with Crippen LogP contribution in [0.25, 0.3) is 5.08 Å².